The fourth-order valence-corrected chi connectivity index (χ4v) is 2.65. The highest BCUT2D eigenvalue weighted by atomic mass is 79.9. The summed E-state index contributed by atoms with van der Waals surface area (Å²) >= 11 is 3.33. The van der Waals surface area contributed by atoms with Gasteiger partial charge in [-0.1, -0.05) is 17.7 Å². The average Bonchev–Trinajstić information content (AvgIpc) is 2.65. The number of hydrogen-bond donors (Lipinski definition) is 3. The van der Waals surface area contributed by atoms with Crippen molar-refractivity contribution in [2.45, 2.75) is 6.92 Å². The lowest BCUT2D eigenvalue weighted by molar-refractivity contribution is -0.120. The topological polar surface area (TPSA) is 88.7 Å². The zero-order chi connectivity index (χ0) is 19.1. The molecular weight excluding hydrogens is 402 g/mol. The molecule has 26 heavy (non-hydrogen) atoms. The van der Waals surface area contributed by atoms with Crippen molar-refractivity contribution in [3.8, 4) is 11.5 Å². The van der Waals surface area contributed by atoms with Gasteiger partial charge in [-0.15, -0.1) is 0 Å². The summed E-state index contributed by atoms with van der Waals surface area (Å²) in [6.07, 6.45) is 0. The van der Waals surface area contributed by atoms with Gasteiger partial charge in [-0.25, -0.2) is 0 Å². The number of nitrogens with one attached hydrogen (secondary N) is 3. The Morgan fingerprint density at radius 1 is 1.00 bits per heavy atom. The molecule has 2 aromatic rings. The van der Waals surface area contributed by atoms with E-state index in [0.717, 1.165) is 11.3 Å². The van der Waals surface area contributed by atoms with Gasteiger partial charge in [0.15, 0.2) is 0 Å². The quantitative estimate of drug-likeness (QED) is 0.623. The number of hydrogen-bond acceptors (Lipinski definition) is 5. The van der Waals surface area contributed by atoms with Crippen LogP contribution in [0.1, 0.15) is 15.9 Å². The summed E-state index contributed by atoms with van der Waals surface area (Å²) in [6, 6.07) is 10.7. The van der Waals surface area contributed by atoms with Crippen LogP contribution in [0.2, 0.25) is 0 Å². The summed E-state index contributed by atoms with van der Waals surface area (Å²) in [7, 11) is 2.97. The molecule has 0 aromatic heterocycles. The Hall–Kier alpha value is -2.74. The fourth-order valence-electron chi connectivity index (χ4n) is 2.10. The molecule has 138 valence electrons. The second kappa shape index (κ2) is 9.10. The van der Waals surface area contributed by atoms with Crippen LogP contribution in [0.3, 0.4) is 0 Å². The predicted octanol–water partition coefficient (Wildman–Crippen LogP) is 2.65. The van der Waals surface area contributed by atoms with Crippen LogP contribution in [0, 0.1) is 6.92 Å². The minimum Gasteiger partial charge on any atom is -0.495 e. The molecule has 0 fully saturated rings. The lowest BCUT2D eigenvalue weighted by atomic mass is 10.2. The lowest BCUT2D eigenvalue weighted by Crippen LogP contribution is -2.44. The Bertz CT molecular complexity index is 769. The van der Waals surface area contributed by atoms with Crippen LogP contribution in [-0.4, -0.2) is 32.6 Å². The standard InChI is InChI=1S/C18H20BrN3O4/c1-11-4-6-13(7-5-11)20-10-16(23)21-22-18(24)12-8-14(25-2)17(19)15(9-12)26-3/h4-9,20H,10H2,1-3H3,(H,21,23)(H,22,24). The Morgan fingerprint density at radius 2 is 1.58 bits per heavy atom. The van der Waals surface area contributed by atoms with Crippen molar-refractivity contribution in [3.63, 3.8) is 0 Å². The van der Waals surface area contributed by atoms with Gasteiger partial charge in [0.05, 0.1) is 20.8 Å². The summed E-state index contributed by atoms with van der Waals surface area (Å²) in [6.45, 7) is 2.01. The molecule has 7 nitrogen and oxygen atoms in total. The third kappa shape index (κ3) is 5.13. The molecule has 0 saturated heterocycles. The zero-order valence-electron chi connectivity index (χ0n) is 14.7. The Morgan fingerprint density at radius 3 is 2.12 bits per heavy atom. The molecule has 0 spiro atoms. The van der Waals surface area contributed by atoms with E-state index >= 15 is 0 Å². The van der Waals surface area contributed by atoms with Crippen LogP contribution in [0.25, 0.3) is 0 Å². The first-order valence-electron chi connectivity index (χ1n) is 7.76. The molecule has 0 radical (unpaired) electrons. The first kappa shape index (κ1) is 19.6. The van der Waals surface area contributed by atoms with E-state index in [0.29, 0.717) is 16.0 Å². The van der Waals surface area contributed by atoms with Crippen LogP contribution in [0.5, 0.6) is 11.5 Å². The maximum absolute atomic E-state index is 12.2. The zero-order valence-corrected chi connectivity index (χ0v) is 16.3. The summed E-state index contributed by atoms with van der Waals surface area (Å²) in [5.74, 6) is 0.0245. The Kier molecular flexibility index (Phi) is 6.85. The highest BCUT2D eigenvalue weighted by Crippen LogP contribution is 2.35. The summed E-state index contributed by atoms with van der Waals surface area (Å²) in [5, 5.41) is 2.97. The third-order valence-corrected chi connectivity index (χ3v) is 4.31. The van der Waals surface area contributed by atoms with E-state index in [2.05, 4.69) is 32.1 Å². The number of aryl methyl sites for hydroxylation is 1. The molecule has 0 unspecified atom stereocenters. The SMILES string of the molecule is COc1cc(C(=O)NNC(=O)CNc2ccc(C)cc2)cc(OC)c1Br. The van der Waals surface area contributed by atoms with E-state index in [-0.39, 0.29) is 18.0 Å². The monoisotopic (exact) mass is 421 g/mol. The molecule has 0 bridgehead atoms. The number of benzene rings is 2. The number of ether oxygens (including phenoxy) is 2. The number of anilines is 1. The smallest absolute Gasteiger partial charge is 0.269 e. The second-order valence-electron chi connectivity index (χ2n) is 5.42. The molecule has 0 atom stereocenters. The van der Waals surface area contributed by atoms with E-state index in [1.807, 2.05) is 31.2 Å². The molecule has 0 aliphatic heterocycles. The first-order chi connectivity index (χ1) is 12.4. The minimum absolute atomic E-state index is 0.0241. The molecule has 2 aromatic carbocycles. The highest BCUT2D eigenvalue weighted by molar-refractivity contribution is 9.10. The summed E-state index contributed by atoms with van der Waals surface area (Å²) in [4.78, 5) is 24.1. The van der Waals surface area contributed by atoms with Crippen molar-refractivity contribution in [3.05, 3.63) is 52.0 Å². The molecule has 0 aliphatic rings. The Balaban J connectivity index is 1.91. The molecule has 0 saturated carbocycles. The van der Waals surface area contributed by atoms with E-state index in [4.69, 9.17) is 9.47 Å². The fraction of sp³-hybridized carbons (Fsp3) is 0.222. The van der Waals surface area contributed by atoms with Crippen LogP contribution in [-0.2, 0) is 4.79 Å². The number of halogens is 1. The van der Waals surface area contributed by atoms with Gasteiger partial charge < -0.3 is 14.8 Å². The van der Waals surface area contributed by atoms with Crippen molar-refractivity contribution < 1.29 is 19.1 Å². The van der Waals surface area contributed by atoms with Gasteiger partial charge in [0.1, 0.15) is 16.0 Å². The van der Waals surface area contributed by atoms with Crippen LogP contribution in [0.15, 0.2) is 40.9 Å². The van der Waals surface area contributed by atoms with E-state index in [9.17, 15) is 9.59 Å². The van der Waals surface area contributed by atoms with Gasteiger partial charge in [-0.2, -0.15) is 0 Å². The normalized spacial score (nSPS) is 10.0. The summed E-state index contributed by atoms with van der Waals surface area (Å²) in [5.41, 5.74) is 6.96. The molecule has 8 heteroatoms. The molecule has 3 N–H and O–H groups in total. The van der Waals surface area contributed by atoms with E-state index < -0.39 is 5.91 Å². The van der Waals surface area contributed by atoms with Crippen molar-refractivity contribution in [2.75, 3.05) is 26.1 Å². The number of rotatable bonds is 6. The molecule has 2 rings (SSSR count). The van der Waals surface area contributed by atoms with Crippen molar-refractivity contribution in [1.29, 1.82) is 0 Å². The highest BCUT2D eigenvalue weighted by Gasteiger charge is 2.15. The maximum Gasteiger partial charge on any atom is 0.269 e. The molecule has 0 heterocycles. The van der Waals surface area contributed by atoms with Crippen LogP contribution < -0.4 is 25.6 Å². The number of hydrazine groups is 1. The van der Waals surface area contributed by atoms with Gasteiger partial charge in [0, 0.05) is 11.3 Å². The second-order valence-corrected chi connectivity index (χ2v) is 6.21. The van der Waals surface area contributed by atoms with E-state index in [1.165, 1.54) is 14.2 Å². The van der Waals surface area contributed by atoms with Gasteiger partial charge >= 0.3 is 0 Å². The van der Waals surface area contributed by atoms with Crippen LogP contribution >= 0.6 is 15.9 Å². The number of methoxy groups -OCH3 is 2. The molecular formula is C18H20BrN3O4. The number of amides is 2. The predicted molar refractivity (Wildman–Crippen MR) is 103 cm³/mol. The maximum atomic E-state index is 12.2. The third-order valence-electron chi connectivity index (χ3n) is 3.53. The van der Waals surface area contributed by atoms with Crippen molar-refractivity contribution >= 4 is 33.4 Å². The van der Waals surface area contributed by atoms with Crippen molar-refractivity contribution in [2.24, 2.45) is 0 Å². The average molecular weight is 422 g/mol. The number of carbonyl (C=O) groups is 2. The van der Waals surface area contributed by atoms with Gasteiger partial charge in [0.25, 0.3) is 11.8 Å². The van der Waals surface area contributed by atoms with Gasteiger partial charge in [-0.05, 0) is 47.1 Å². The van der Waals surface area contributed by atoms with Gasteiger partial charge in [-0.3, -0.25) is 20.4 Å². The van der Waals surface area contributed by atoms with Crippen molar-refractivity contribution in [1.82, 2.24) is 10.9 Å². The van der Waals surface area contributed by atoms with E-state index in [1.54, 1.807) is 12.1 Å². The molecule has 2 amide bonds. The Labute approximate surface area is 160 Å². The molecule has 0 aliphatic carbocycles. The minimum atomic E-state index is -0.488. The first-order valence-corrected chi connectivity index (χ1v) is 8.55. The summed E-state index contributed by atoms with van der Waals surface area (Å²) < 4.78 is 11.0. The van der Waals surface area contributed by atoms with Gasteiger partial charge in [0.2, 0.25) is 0 Å². The largest absolute Gasteiger partial charge is 0.495 e. The lowest BCUT2D eigenvalue weighted by Gasteiger charge is -2.12. The van der Waals surface area contributed by atoms with Crippen LogP contribution in [0.4, 0.5) is 5.69 Å². The number of carbonyl (C=O) groups excluding carboxylic acids is 2.